The van der Waals surface area contributed by atoms with Gasteiger partial charge in [-0.2, -0.15) is 4.31 Å². The number of ether oxygens (including phenoxy) is 2. The second-order valence-corrected chi connectivity index (χ2v) is 12.7. The summed E-state index contributed by atoms with van der Waals surface area (Å²) < 4.78 is 42.9. The normalized spacial score (nSPS) is 22.7. The van der Waals surface area contributed by atoms with Gasteiger partial charge in [-0.25, -0.2) is 8.42 Å². The van der Waals surface area contributed by atoms with E-state index in [0.29, 0.717) is 40.8 Å². The smallest absolute Gasteiger partial charge is 0.248 e. The molecule has 0 saturated carbocycles. The van der Waals surface area contributed by atoms with Gasteiger partial charge in [0.15, 0.2) is 0 Å². The minimum atomic E-state index is -3.83. The number of likely N-dealkylation sites (tertiary alicyclic amines) is 1. The van der Waals surface area contributed by atoms with Crippen molar-refractivity contribution in [2.45, 2.75) is 37.8 Å². The standard InChI is InChI=1S/C28H41N5O5S/c1-21-15-24(37-3)16-22(2)28(21)39(35,36)33-14-13-31-9-4-5-25(31)26(33)19-38-20-27(34)32-10-6-23(18-32)17-30-11-7-29-8-12-30/h4-5,9,15-16,23,26,29H,6-8,10-14,17-20H2,1-3H3. The van der Waals surface area contributed by atoms with Crippen molar-refractivity contribution < 1.29 is 22.7 Å². The zero-order valence-electron chi connectivity index (χ0n) is 23.3. The molecule has 10 nitrogen and oxygen atoms in total. The lowest BCUT2D eigenvalue weighted by Gasteiger charge is -2.36. The van der Waals surface area contributed by atoms with Gasteiger partial charge < -0.3 is 29.2 Å². The first-order valence-corrected chi connectivity index (χ1v) is 15.3. The first kappa shape index (κ1) is 28.1. The Kier molecular flexibility index (Phi) is 8.63. The fourth-order valence-electron chi connectivity index (χ4n) is 6.27. The second kappa shape index (κ2) is 12.0. The molecule has 0 aliphatic carbocycles. The zero-order valence-corrected chi connectivity index (χ0v) is 24.1. The van der Waals surface area contributed by atoms with Crippen LogP contribution in [0.4, 0.5) is 0 Å². The predicted octanol–water partition coefficient (Wildman–Crippen LogP) is 1.63. The number of rotatable bonds is 9. The van der Waals surface area contributed by atoms with Gasteiger partial charge in [0.25, 0.3) is 0 Å². The van der Waals surface area contributed by atoms with Crippen LogP contribution < -0.4 is 10.1 Å². The van der Waals surface area contributed by atoms with E-state index in [4.69, 9.17) is 9.47 Å². The fourth-order valence-corrected chi connectivity index (χ4v) is 8.26. The number of aryl methyl sites for hydroxylation is 2. The van der Waals surface area contributed by atoms with Crippen molar-refractivity contribution in [3.8, 4) is 5.75 Å². The van der Waals surface area contributed by atoms with Gasteiger partial charge in [-0.3, -0.25) is 4.79 Å². The second-order valence-electron chi connectivity index (χ2n) is 10.9. The van der Waals surface area contributed by atoms with Crippen LogP contribution in [0, 0.1) is 19.8 Å². The Bertz CT molecular complexity index is 1250. The number of nitrogens with zero attached hydrogens (tertiary/aromatic N) is 4. The summed E-state index contributed by atoms with van der Waals surface area (Å²) in [5.41, 5.74) is 2.16. The van der Waals surface area contributed by atoms with Crippen molar-refractivity contribution in [3.05, 3.63) is 47.3 Å². The van der Waals surface area contributed by atoms with Crippen molar-refractivity contribution >= 4 is 15.9 Å². The molecule has 2 aromatic rings. The number of aromatic nitrogens is 1. The third-order valence-corrected chi connectivity index (χ3v) is 10.4. The van der Waals surface area contributed by atoms with E-state index >= 15 is 0 Å². The average Bonchev–Trinajstić information content (AvgIpc) is 3.58. The molecule has 214 valence electrons. The molecule has 0 bridgehead atoms. The zero-order chi connectivity index (χ0) is 27.6. The number of nitrogens with one attached hydrogen (secondary N) is 1. The van der Waals surface area contributed by atoms with E-state index < -0.39 is 16.1 Å². The van der Waals surface area contributed by atoms with Gasteiger partial charge in [0.1, 0.15) is 12.4 Å². The van der Waals surface area contributed by atoms with Crippen molar-refractivity contribution in [2.75, 3.05) is 72.7 Å². The summed E-state index contributed by atoms with van der Waals surface area (Å²) in [6, 6.07) is 6.85. The molecule has 2 atom stereocenters. The molecule has 39 heavy (non-hydrogen) atoms. The van der Waals surface area contributed by atoms with Crippen LogP contribution in [-0.4, -0.2) is 106 Å². The van der Waals surface area contributed by atoms with E-state index in [1.54, 1.807) is 33.1 Å². The number of sulfonamides is 1. The van der Waals surface area contributed by atoms with Crippen molar-refractivity contribution in [1.29, 1.82) is 0 Å². The highest BCUT2D eigenvalue weighted by atomic mass is 32.2. The largest absolute Gasteiger partial charge is 0.497 e. The lowest BCUT2D eigenvalue weighted by atomic mass is 10.1. The molecule has 4 heterocycles. The van der Waals surface area contributed by atoms with Gasteiger partial charge in [0.2, 0.25) is 15.9 Å². The van der Waals surface area contributed by atoms with Gasteiger partial charge >= 0.3 is 0 Å². The lowest BCUT2D eigenvalue weighted by Crippen LogP contribution is -2.45. The minimum Gasteiger partial charge on any atom is -0.497 e. The van der Waals surface area contributed by atoms with E-state index in [1.807, 2.05) is 23.2 Å². The number of hydrogen-bond donors (Lipinski definition) is 1. The van der Waals surface area contributed by atoms with Crippen molar-refractivity contribution in [1.82, 2.24) is 24.0 Å². The molecule has 1 aromatic carbocycles. The Balaban J connectivity index is 1.24. The van der Waals surface area contributed by atoms with E-state index in [2.05, 4.69) is 14.8 Å². The van der Waals surface area contributed by atoms with Gasteiger partial charge in [0.05, 0.1) is 24.7 Å². The van der Waals surface area contributed by atoms with Gasteiger partial charge in [0, 0.05) is 70.8 Å². The van der Waals surface area contributed by atoms with E-state index in [-0.39, 0.29) is 19.1 Å². The number of fused-ring (bicyclic) bond motifs is 1. The van der Waals surface area contributed by atoms with E-state index in [1.165, 1.54) is 4.31 Å². The van der Waals surface area contributed by atoms with Crippen LogP contribution in [0.2, 0.25) is 0 Å². The molecule has 1 aromatic heterocycles. The third kappa shape index (κ3) is 6.02. The van der Waals surface area contributed by atoms with Crippen LogP contribution >= 0.6 is 0 Å². The summed E-state index contributed by atoms with van der Waals surface area (Å²) in [5, 5.41) is 3.38. The van der Waals surface area contributed by atoms with Crippen molar-refractivity contribution in [3.63, 3.8) is 0 Å². The van der Waals surface area contributed by atoms with Crippen molar-refractivity contribution in [2.24, 2.45) is 5.92 Å². The Morgan fingerprint density at radius 1 is 1.08 bits per heavy atom. The molecule has 1 N–H and O–H groups in total. The molecule has 2 fully saturated rings. The van der Waals surface area contributed by atoms with Crippen LogP contribution in [0.25, 0.3) is 0 Å². The molecule has 11 heteroatoms. The van der Waals surface area contributed by atoms with Gasteiger partial charge in [-0.15, -0.1) is 0 Å². The van der Waals surface area contributed by atoms with E-state index in [0.717, 1.165) is 57.9 Å². The summed E-state index contributed by atoms with van der Waals surface area (Å²) in [7, 11) is -2.25. The minimum absolute atomic E-state index is 0.0275. The third-order valence-electron chi connectivity index (χ3n) is 8.22. The van der Waals surface area contributed by atoms with Crippen LogP contribution in [0.3, 0.4) is 0 Å². The fraction of sp³-hybridized carbons (Fsp3) is 0.607. The van der Waals surface area contributed by atoms with Crippen LogP contribution in [0.1, 0.15) is 29.3 Å². The lowest BCUT2D eigenvalue weighted by molar-refractivity contribution is -0.135. The molecule has 2 saturated heterocycles. The predicted molar refractivity (Wildman–Crippen MR) is 148 cm³/mol. The molecule has 3 aliphatic rings. The Labute approximate surface area is 231 Å². The summed E-state index contributed by atoms with van der Waals surface area (Å²) in [6.45, 7) is 11.3. The van der Waals surface area contributed by atoms with Crippen LogP contribution in [0.15, 0.2) is 35.4 Å². The number of hydrogen-bond acceptors (Lipinski definition) is 7. The number of piperazine rings is 1. The molecular formula is C28H41N5O5S. The Morgan fingerprint density at radius 3 is 2.54 bits per heavy atom. The Morgan fingerprint density at radius 2 is 1.82 bits per heavy atom. The molecular weight excluding hydrogens is 518 g/mol. The van der Waals surface area contributed by atoms with E-state index in [9.17, 15) is 13.2 Å². The summed E-state index contributed by atoms with van der Waals surface area (Å²) in [5.74, 6) is 1.09. The number of carbonyl (C=O) groups is 1. The first-order chi connectivity index (χ1) is 18.8. The molecule has 1 amide bonds. The molecule has 3 aliphatic heterocycles. The highest BCUT2D eigenvalue weighted by Gasteiger charge is 2.38. The number of methoxy groups -OCH3 is 1. The maximum Gasteiger partial charge on any atom is 0.248 e. The number of benzene rings is 1. The SMILES string of the molecule is COc1cc(C)c(S(=O)(=O)N2CCn3cccc3C2COCC(=O)N2CCC(CN3CCNCC3)C2)c(C)c1. The molecule has 0 radical (unpaired) electrons. The average molecular weight is 560 g/mol. The maximum absolute atomic E-state index is 14.0. The number of amides is 1. The molecule has 5 rings (SSSR count). The quantitative estimate of drug-likeness (QED) is 0.499. The van der Waals surface area contributed by atoms with Crippen LogP contribution in [0.5, 0.6) is 5.75 Å². The highest BCUT2D eigenvalue weighted by molar-refractivity contribution is 7.89. The highest BCUT2D eigenvalue weighted by Crippen LogP contribution is 2.35. The topological polar surface area (TPSA) is 96.3 Å². The van der Waals surface area contributed by atoms with Gasteiger partial charge in [-0.05, 0) is 61.6 Å². The molecule has 0 spiro atoms. The monoisotopic (exact) mass is 559 g/mol. The first-order valence-electron chi connectivity index (χ1n) is 13.9. The maximum atomic E-state index is 14.0. The van der Waals surface area contributed by atoms with Gasteiger partial charge in [-0.1, -0.05) is 0 Å². The summed E-state index contributed by atoms with van der Waals surface area (Å²) in [6.07, 6.45) is 2.97. The molecule has 2 unspecified atom stereocenters. The Hall–Kier alpha value is -2.44. The number of carbonyl (C=O) groups excluding carboxylic acids is 1. The summed E-state index contributed by atoms with van der Waals surface area (Å²) >= 11 is 0. The van der Waals surface area contributed by atoms with Crippen LogP contribution in [-0.2, 0) is 26.1 Å². The summed E-state index contributed by atoms with van der Waals surface area (Å²) in [4.78, 5) is 17.7.